The zero-order valence-corrected chi connectivity index (χ0v) is 14.6. The highest BCUT2D eigenvalue weighted by Gasteiger charge is 2.19. The van der Waals surface area contributed by atoms with Crippen molar-refractivity contribution in [2.45, 2.75) is 6.42 Å². The Labute approximate surface area is 153 Å². The lowest BCUT2D eigenvalue weighted by Gasteiger charge is -2.20. The van der Waals surface area contributed by atoms with Crippen LogP contribution in [0.2, 0.25) is 0 Å². The quantitative estimate of drug-likeness (QED) is 0.749. The molecule has 0 atom stereocenters. The molecule has 0 unspecified atom stereocenters. The Morgan fingerprint density at radius 2 is 1.81 bits per heavy atom. The number of hydrogen-bond acceptors (Lipinski definition) is 3. The summed E-state index contributed by atoms with van der Waals surface area (Å²) in [5.41, 5.74) is 5.12. The Hall–Kier alpha value is -3.27. The molecule has 0 saturated heterocycles. The van der Waals surface area contributed by atoms with Gasteiger partial charge >= 0.3 is 0 Å². The van der Waals surface area contributed by atoms with Crippen molar-refractivity contribution in [2.75, 3.05) is 23.9 Å². The third-order valence-electron chi connectivity index (χ3n) is 4.66. The fraction of sp³-hybridized carbons (Fsp3) is 0.136. The van der Waals surface area contributed by atoms with Gasteiger partial charge in [0.25, 0.3) is 5.91 Å². The van der Waals surface area contributed by atoms with Gasteiger partial charge in [-0.15, -0.1) is 0 Å². The van der Waals surface area contributed by atoms with Gasteiger partial charge in [0.15, 0.2) is 0 Å². The second-order valence-corrected chi connectivity index (χ2v) is 6.26. The Kier molecular flexibility index (Phi) is 4.32. The summed E-state index contributed by atoms with van der Waals surface area (Å²) in [6, 6.07) is 23.6. The lowest BCUT2D eigenvalue weighted by Crippen LogP contribution is -2.14. The molecular formula is C22H20N2O2. The van der Waals surface area contributed by atoms with Gasteiger partial charge in [0.1, 0.15) is 5.75 Å². The van der Waals surface area contributed by atoms with Gasteiger partial charge in [0.2, 0.25) is 0 Å². The summed E-state index contributed by atoms with van der Waals surface area (Å²) in [5.74, 6) is 0.517. The Morgan fingerprint density at radius 3 is 2.62 bits per heavy atom. The van der Waals surface area contributed by atoms with Crippen molar-refractivity contribution in [1.82, 2.24) is 0 Å². The topological polar surface area (TPSA) is 41.6 Å². The summed E-state index contributed by atoms with van der Waals surface area (Å²) in [7, 11) is 1.59. The lowest BCUT2D eigenvalue weighted by molar-refractivity contribution is 0.102. The average Bonchev–Trinajstić information content (AvgIpc) is 3.13. The number of ether oxygens (including phenoxy) is 1. The minimum Gasteiger partial charge on any atom is -0.497 e. The van der Waals surface area contributed by atoms with Crippen LogP contribution in [-0.4, -0.2) is 19.6 Å². The van der Waals surface area contributed by atoms with Crippen LogP contribution >= 0.6 is 0 Å². The highest BCUT2D eigenvalue weighted by atomic mass is 16.5. The maximum Gasteiger partial charge on any atom is 0.255 e. The smallest absolute Gasteiger partial charge is 0.255 e. The van der Waals surface area contributed by atoms with Gasteiger partial charge in [-0.05, 0) is 60.5 Å². The molecule has 1 aliphatic rings. The maximum absolute atomic E-state index is 12.4. The molecule has 0 aliphatic carbocycles. The van der Waals surface area contributed by atoms with E-state index in [1.165, 1.54) is 11.3 Å². The van der Waals surface area contributed by atoms with Gasteiger partial charge in [0, 0.05) is 29.2 Å². The molecule has 3 aromatic rings. The first-order valence-corrected chi connectivity index (χ1v) is 8.65. The van der Waals surface area contributed by atoms with Crippen LogP contribution in [0.3, 0.4) is 0 Å². The molecule has 4 nitrogen and oxygen atoms in total. The molecule has 26 heavy (non-hydrogen) atoms. The zero-order chi connectivity index (χ0) is 17.9. The summed E-state index contributed by atoms with van der Waals surface area (Å²) >= 11 is 0. The van der Waals surface area contributed by atoms with Crippen molar-refractivity contribution in [2.24, 2.45) is 0 Å². The van der Waals surface area contributed by atoms with E-state index in [4.69, 9.17) is 4.74 Å². The van der Waals surface area contributed by atoms with Crippen molar-refractivity contribution in [1.29, 1.82) is 0 Å². The van der Waals surface area contributed by atoms with E-state index in [1.54, 1.807) is 19.2 Å². The van der Waals surface area contributed by atoms with Gasteiger partial charge in [-0.25, -0.2) is 0 Å². The number of carbonyl (C=O) groups is 1. The number of carbonyl (C=O) groups excluding carboxylic acids is 1. The van der Waals surface area contributed by atoms with E-state index in [0.29, 0.717) is 11.3 Å². The lowest BCUT2D eigenvalue weighted by atomic mass is 10.1. The number of amides is 1. The van der Waals surface area contributed by atoms with Crippen LogP contribution in [0.25, 0.3) is 0 Å². The van der Waals surface area contributed by atoms with E-state index in [9.17, 15) is 4.79 Å². The van der Waals surface area contributed by atoms with Crippen molar-refractivity contribution in [3.63, 3.8) is 0 Å². The van der Waals surface area contributed by atoms with E-state index in [1.807, 2.05) is 36.4 Å². The van der Waals surface area contributed by atoms with Crippen molar-refractivity contribution in [3.8, 4) is 5.75 Å². The number of anilines is 3. The number of nitrogens with one attached hydrogen (secondary N) is 1. The molecule has 0 saturated carbocycles. The van der Waals surface area contributed by atoms with E-state index in [2.05, 4.69) is 34.5 Å². The third-order valence-corrected chi connectivity index (χ3v) is 4.66. The van der Waals surface area contributed by atoms with Crippen molar-refractivity contribution in [3.05, 3.63) is 83.9 Å². The molecule has 130 valence electrons. The zero-order valence-electron chi connectivity index (χ0n) is 14.6. The first-order valence-electron chi connectivity index (χ1n) is 8.65. The highest BCUT2D eigenvalue weighted by Crippen LogP contribution is 2.34. The highest BCUT2D eigenvalue weighted by molar-refractivity contribution is 6.04. The van der Waals surface area contributed by atoms with E-state index >= 15 is 0 Å². The number of methoxy groups -OCH3 is 1. The standard InChI is InChI=1S/C22H20N2O2/c1-26-20-7-4-6-17(15-20)22(25)23-18-9-11-19(12-10-18)24-14-13-16-5-2-3-8-21(16)24/h2-12,15H,13-14H2,1H3,(H,23,25). The average molecular weight is 344 g/mol. The van der Waals surface area contributed by atoms with Crippen LogP contribution in [-0.2, 0) is 6.42 Å². The number of hydrogen-bond donors (Lipinski definition) is 1. The second-order valence-electron chi connectivity index (χ2n) is 6.26. The molecule has 4 rings (SSSR count). The molecule has 3 aromatic carbocycles. The van der Waals surface area contributed by atoms with Crippen LogP contribution in [0.15, 0.2) is 72.8 Å². The van der Waals surface area contributed by atoms with Crippen LogP contribution in [0, 0.1) is 0 Å². The first kappa shape index (κ1) is 16.2. The Balaban J connectivity index is 1.49. The Bertz CT molecular complexity index is 935. The van der Waals surface area contributed by atoms with Gasteiger partial charge in [-0.1, -0.05) is 24.3 Å². The van der Waals surface area contributed by atoms with E-state index in [0.717, 1.165) is 24.3 Å². The Morgan fingerprint density at radius 1 is 1.00 bits per heavy atom. The molecule has 0 fully saturated rings. The first-order chi connectivity index (χ1) is 12.7. The van der Waals surface area contributed by atoms with Gasteiger partial charge in [0.05, 0.1) is 7.11 Å². The molecule has 1 amide bonds. The van der Waals surface area contributed by atoms with Crippen LogP contribution in [0.1, 0.15) is 15.9 Å². The molecule has 0 aromatic heterocycles. The number of para-hydroxylation sites is 1. The number of benzene rings is 3. The number of rotatable bonds is 4. The predicted molar refractivity (Wildman–Crippen MR) is 105 cm³/mol. The third kappa shape index (κ3) is 3.14. The van der Waals surface area contributed by atoms with Crippen LogP contribution in [0.5, 0.6) is 5.75 Å². The second kappa shape index (κ2) is 6.92. The fourth-order valence-corrected chi connectivity index (χ4v) is 3.30. The summed E-state index contributed by atoms with van der Waals surface area (Å²) in [6.07, 6.45) is 1.06. The largest absolute Gasteiger partial charge is 0.497 e. The van der Waals surface area contributed by atoms with Gasteiger partial charge in [-0.3, -0.25) is 4.79 Å². The van der Waals surface area contributed by atoms with Gasteiger partial charge in [-0.2, -0.15) is 0 Å². The van der Waals surface area contributed by atoms with Crippen LogP contribution < -0.4 is 15.0 Å². The normalized spacial score (nSPS) is 12.6. The van der Waals surface area contributed by atoms with Gasteiger partial charge < -0.3 is 15.0 Å². The summed E-state index contributed by atoms with van der Waals surface area (Å²) in [6.45, 7) is 0.981. The van der Waals surface area contributed by atoms with Crippen LogP contribution in [0.4, 0.5) is 17.1 Å². The van der Waals surface area contributed by atoms with E-state index < -0.39 is 0 Å². The molecule has 0 bridgehead atoms. The predicted octanol–water partition coefficient (Wildman–Crippen LogP) is 4.64. The minimum atomic E-state index is -0.150. The van der Waals surface area contributed by atoms with Crippen molar-refractivity contribution >= 4 is 23.0 Å². The molecule has 1 N–H and O–H groups in total. The fourth-order valence-electron chi connectivity index (χ4n) is 3.30. The molecule has 1 aliphatic heterocycles. The number of fused-ring (bicyclic) bond motifs is 1. The molecule has 1 heterocycles. The SMILES string of the molecule is COc1cccc(C(=O)Nc2ccc(N3CCc4ccccc43)cc2)c1. The minimum absolute atomic E-state index is 0.150. The maximum atomic E-state index is 12.4. The molecule has 0 spiro atoms. The van der Waals surface area contributed by atoms with E-state index in [-0.39, 0.29) is 5.91 Å². The summed E-state index contributed by atoms with van der Waals surface area (Å²) in [5, 5.41) is 2.93. The summed E-state index contributed by atoms with van der Waals surface area (Å²) < 4.78 is 5.17. The van der Waals surface area contributed by atoms with Crippen molar-refractivity contribution < 1.29 is 9.53 Å². The molecule has 4 heteroatoms. The molecule has 0 radical (unpaired) electrons. The number of nitrogens with zero attached hydrogens (tertiary/aromatic N) is 1. The molecular weight excluding hydrogens is 324 g/mol. The monoisotopic (exact) mass is 344 g/mol. The summed E-state index contributed by atoms with van der Waals surface area (Å²) in [4.78, 5) is 14.7.